The molecule has 0 aliphatic heterocycles. The van der Waals surface area contributed by atoms with Crippen LogP contribution in [0.25, 0.3) is 0 Å². The zero-order valence-corrected chi connectivity index (χ0v) is 10.1. The molecule has 0 unspecified atom stereocenters. The molecule has 0 heterocycles. The van der Waals surface area contributed by atoms with Crippen molar-refractivity contribution in [2.75, 3.05) is 13.7 Å². The molecule has 0 atom stereocenters. The smallest absolute Gasteiger partial charge is 0.466 e. The van der Waals surface area contributed by atoms with Gasteiger partial charge in [-0.1, -0.05) is 13.3 Å². The van der Waals surface area contributed by atoms with Gasteiger partial charge < -0.3 is 24.2 Å². The third-order valence-electron chi connectivity index (χ3n) is 1.19. The number of unbranched alkanes of at least 4 members (excludes halogenated alkanes) is 1. The molecular formula is C8H17O7P. The summed E-state index contributed by atoms with van der Waals surface area (Å²) in [6, 6.07) is 0. The van der Waals surface area contributed by atoms with Gasteiger partial charge in [0.15, 0.2) is 5.76 Å². The molecule has 16 heavy (non-hydrogen) atoms. The van der Waals surface area contributed by atoms with Crippen molar-refractivity contribution in [3.63, 3.8) is 0 Å². The molecule has 3 N–H and O–H groups in total. The molecule has 0 bridgehead atoms. The second-order valence-corrected chi connectivity index (χ2v) is 3.66. The minimum Gasteiger partial charge on any atom is -0.487 e. The average Bonchev–Trinajstić information content (AvgIpc) is 2.14. The first kappa shape index (κ1) is 17.5. The van der Waals surface area contributed by atoms with E-state index in [-0.39, 0.29) is 5.76 Å². The summed E-state index contributed by atoms with van der Waals surface area (Å²) in [5.74, 6) is -0.415. The number of phosphoric acid groups is 1. The molecule has 0 aliphatic rings. The van der Waals surface area contributed by atoms with Crippen LogP contribution in [0.5, 0.6) is 0 Å². The summed E-state index contributed by atoms with van der Waals surface area (Å²) < 4.78 is 18.2. The van der Waals surface area contributed by atoms with E-state index in [0.717, 1.165) is 12.8 Å². The Morgan fingerprint density at radius 2 is 1.81 bits per heavy atom. The Kier molecular flexibility index (Phi) is 10.2. The molecule has 0 aliphatic carbocycles. The third-order valence-corrected chi connectivity index (χ3v) is 1.19. The van der Waals surface area contributed by atoms with Crippen LogP contribution in [0.4, 0.5) is 0 Å². The van der Waals surface area contributed by atoms with Crippen LogP contribution in [0, 0.1) is 0 Å². The maximum Gasteiger partial charge on any atom is 0.466 e. The van der Waals surface area contributed by atoms with Crippen LogP contribution in [-0.4, -0.2) is 34.4 Å². The summed E-state index contributed by atoms with van der Waals surface area (Å²) in [5.41, 5.74) is 0. The van der Waals surface area contributed by atoms with E-state index in [9.17, 15) is 4.79 Å². The molecular weight excluding hydrogens is 239 g/mol. The first-order chi connectivity index (χ1) is 7.22. The molecule has 0 radical (unpaired) electrons. The van der Waals surface area contributed by atoms with Gasteiger partial charge >= 0.3 is 13.8 Å². The highest BCUT2D eigenvalue weighted by Gasteiger charge is 2.05. The molecule has 0 spiro atoms. The normalized spacial score (nSPS) is 9.81. The summed E-state index contributed by atoms with van der Waals surface area (Å²) in [7, 11) is -3.34. The predicted octanol–water partition coefficient (Wildman–Crippen LogP) is 0.561. The lowest BCUT2D eigenvalue weighted by molar-refractivity contribution is -0.140. The molecule has 7 nitrogen and oxygen atoms in total. The van der Waals surface area contributed by atoms with Crippen molar-refractivity contribution in [1.29, 1.82) is 0 Å². The number of rotatable bonds is 5. The quantitative estimate of drug-likeness (QED) is 0.216. The summed E-state index contributed by atoms with van der Waals surface area (Å²) in [6.45, 7) is 5.98. The summed E-state index contributed by atoms with van der Waals surface area (Å²) >= 11 is 0. The van der Waals surface area contributed by atoms with E-state index in [0.29, 0.717) is 6.61 Å². The van der Waals surface area contributed by atoms with E-state index in [4.69, 9.17) is 24.0 Å². The lowest BCUT2D eigenvalue weighted by atomic mass is 10.4. The van der Waals surface area contributed by atoms with Crippen molar-refractivity contribution in [1.82, 2.24) is 0 Å². The van der Waals surface area contributed by atoms with Crippen LogP contribution in [0.3, 0.4) is 0 Å². The van der Waals surface area contributed by atoms with Gasteiger partial charge in [-0.2, -0.15) is 0 Å². The summed E-state index contributed by atoms with van der Waals surface area (Å²) in [4.78, 5) is 32.2. The molecule has 8 heteroatoms. The van der Waals surface area contributed by atoms with Crippen molar-refractivity contribution < 1.29 is 33.5 Å². The number of carbonyl (C=O) groups is 1. The molecule has 0 fully saturated rings. The molecule has 0 saturated carbocycles. The number of carbonyl (C=O) groups excluding carboxylic acids is 1. The second-order valence-electron chi connectivity index (χ2n) is 2.63. The number of ether oxygens (including phenoxy) is 2. The van der Waals surface area contributed by atoms with Gasteiger partial charge in [-0.15, -0.1) is 0 Å². The van der Waals surface area contributed by atoms with Crippen LogP contribution in [0.15, 0.2) is 12.3 Å². The van der Waals surface area contributed by atoms with Crippen molar-refractivity contribution in [3.8, 4) is 0 Å². The Labute approximate surface area is 93.9 Å². The SMILES string of the molecule is C=C(OCCCC)C(=O)OC.O=P(O)(O)O. The first-order valence-electron chi connectivity index (χ1n) is 4.40. The Balaban J connectivity index is 0. The van der Waals surface area contributed by atoms with Crippen LogP contribution >= 0.6 is 7.82 Å². The minimum atomic E-state index is -4.64. The fourth-order valence-electron chi connectivity index (χ4n) is 0.512. The number of esters is 1. The maximum absolute atomic E-state index is 10.7. The maximum atomic E-state index is 10.7. The Morgan fingerprint density at radius 3 is 2.12 bits per heavy atom. The highest BCUT2D eigenvalue weighted by molar-refractivity contribution is 7.45. The van der Waals surface area contributed by atoms with E-state index in [1.54, 1.807) is 0 Å². The van der Waals surface area contributed by atoms with E-state index < -0.39 is 13.8 Å². The van der Waals surface area contributed by atoms with Gasteiger partial charge in [0, 0.05) is 0 Å². The van der Waals surface area contributed by atoms with Gasteiger partial charge in [0.05, 0.1) is 13.7 Å². The largest absolute Gasteiger partial charge is 0.487 e. The Bertz CT molecular complexity index is 249. The minimum absolute atomic E-state index is 0.0842. The van der Waals surface area contributed by atoms with Gasteiger partial charge in [0.2, 0.25) is 0 Å². The molecule has 0 aromatic carbocycles. The number of hydrogen-bond acceptors (Lipinski definition) is 4. The molecule has 96 valence electrons. The number of hydrogen-bond donors (Lipinski definition) is 3. The Morgan fingerprint density at radius 1 is 1.38 bits per heavy atom. The second kappa shape index (κ2) is 9.35. The lowest BCUT2D eigenvalue weighted by Gasteiger charge is -2.04. The zero-order chi connectivity index (χ0) is 13.2. The van der Waals surface area contributed by atoms with Crippen LogP contribution in [0.1, 0.15) is 19.8 Å². The van der Waals surface area contributed by atoms with Crippen LogP contribution in [-0.2, 0) is 18.8 Å². The zero-order valence-electron chi connectivity index (χ0n) is 9.25. The molecule has 0 rings (SSSR count). The molecule has 0 amide bonds. The van der Waals surface area contributed by atoms with Gasteiger partial charge in [-0.25, -0.2) is 9.36 Å². The highest BCUT2D eigenvalue weighted by Crippen LogP contribution is 2.25. The standard InChI is InChI=1S/C8H14O3.H3O4P/c1-4-5-6-11-7(2)8(9)10-3;1-5(2,3)4/h2,4-6H2,1,3H3;(H3,1,2,3,4). The monoisotopic (exact) mass is 256 g/mol. The molecule has 0 aromatic rings. The first-order valence-corrected chi connectivity index (χ1v) is 5.97. The van der Waals surface area contributed by atoms with Crippen molar-refractivity contribution in [2.24, 2.45) is 0 Å². The topological polar surface area (TPSA) is 113 Å². The van der Waals surface area contributed by atoms with Gasteiger partial charge in [-0.05, 0) is 13.0 Å². The molecule has 0 saturated heterocycles. The fraction of sp³-hybridized carbons (Fsp3) is 0.625. The van der Waals surface area contributed by atoms with E-state index in [1.165, 1.54) is 7.11 Å². The molecule has 0 aromatic heterocycles. The summed E-state index contributed by atoms with van der Waals surface area (Å²) in [5, 5.41) is 0. The lowest BCUT2D eigenvalue weighted by Crippen LogP contribution is -2.07. The Hall–Kier alpha value is -0.880. The van der Waals surface area contributed by atoms with E-state index >= 15 is 0 Å². The van der Waals surface area contributed by atoms with Crippen LogP contribution < -0.4 is 0 Å². The highest BCUT2D eigenvalue weighted by atomic mass is 31.2. The van der Waals surface area contributed by atoms with Crippen LogP contribution in [0.2, 0.25) is 0 Å². The van der Waals surface area contributed by atoms with Gasteiger partial charge in [-0.3, -0.25) is 0 Å². The van der Waals surface area contributed by atoms with Crippen molar-refractivity contribution in [2.45, 2.75) is 19.8 Å². The predicted molar refractivity (Wildman–Crippen MR) is 56.3 cm³/mol. The van der Waals surface area contributed by atoms with Gasteiger partial charge in [0.25, 0.3) is 0 Å². The summed E-state index contributed by atoms with van der Waals surface area (Å²) in [6.07, 6.45) is 1.96. The van der Waals surface area contributed by atoms with E-state index in [1.807, 2.05) is 6.92 Å². The third kappa shape index (κ3) is 18.8. The average molecular weight is 256 g/mol. The van der Waals surface area contributed by atoms with Crippen molar-refractivity contribution >= 4 is 13.8 Å². The number of methoxy groups -OCH3 is 1. The van der Waals surface area contributed by atoms with Crippen molar-refractivity contribution in [3.05, 3.63) is 12.3 Å². The van der Waals surface area contributed by atoms with Gasteiger partial charge in [0.1, 0.15) is 0 Å². The fourth-order valence-corrected chi connectivity index (χ4v) is 0.512. The van der Waals surface area contributed by atoms with E-state index in [2.05, 4.69) is 11.3 Å².